The first-order chi connectivity index (χ1) is 11.8. The molecule has 0 aliphatic rings. The van der Waals surface area contributed by atoms with E-state index in [-0.39, 0.29) is 11.3 Å². The summed E-state index contributed by atoms with van der Waals surface area (Å²) in [6.07, 6.45) is 11.3. The molecule has 0 fully saturated rings. The third kappa shape index (κ3) is 7.88. The fraction of sp³-hybridized carbons (Fsp3) is 0.409. The van der Waals surface area contributed by atoms with Crippen LogP contribution in [0.1, 0.15) is 69.3 Å². The average molecular weight is 342 g/mol. The quantitative estimate of drug-likeness (QED) is 0.537. The fourth-order valence-corrected chi connectivity index (χ4v) is 2.55. The van der Waals surface area contributed by atoms with Gasteiger partial charge in [-0.25, -0.2) is 4.79 Å². The van der Waals surface area contributed by atoms with E-state index in [0.717, 1.165) is 25.7 Å². The van der Waals surface area contributed by atoms with Crippen molar-refractivity contribution in [3.63, 3.8) is 0 Å². The topological polar surface area (TPSA) is 57.5 Å². The first-order valence-corrected chi connectivity index (χ1v) is 8.80. The van der Waals surface area contributed by atoms with Crippen molar-refractivity contribution in [1.82, 2.24) is 0 Å². The predicted molar refractivity (Wildman–Crippen MR) is 104 cm³/mol. The molecule has 0 saturated carbocycles. The highest BCUT2D eigenvalue weighted by Crippen LogP contribution is 2.24. The molecule has 0 atom stereocenters. The third-order valence-electron chi connectivity index (χ3n) is 4.14. The van der Waals surface area contributed by atoms with Gasteiger partial charge in [-0.15, -0.1) is 0 Å². The van der Waals surface area contributed by atoms with Gasteiger partial charge >= 0.3 is 5.97 Å². The van der Waals surface area contributed by atoms with E-state index in [2.05, 4.69) is 45.9 Å². The second-order valence-corrected chi connectivity index (χ2v) is 6.78. The first kappa shape index (κ1) is 20.8. The summed E-state index contributed by atoms with van der Waals surface area (Å²) in [4.78, 5) is 11.0. The van der Waals surface area contributed by atoms with Crippen molar-refractivity contribution in [1.29, 1.82) is 0 Å². The lowest BCUT2D eigenvalue weighted by atomic mass is 10.0. The molecule has 136 valence electrons. The maximum atomic E-state index is 11.0. The Labute approximate surface area is 151 Å². The second-order valence-electron chi connectivity index (χ2n) is 6.78. The van der Waals surface area contributed by atoms with Crippen molar-refractivity contribution < 1.29 is 15.0 Å². The van der Waals surface area contributed by atoms with Crippen LogP contribution in [-0.2, 0) is 6.42 Å². The minimum absolute atomic E-state index is 0.0431. The molecule has 0 saturated heterocycles. The van der Waals surface area contributed by atoms with E-state index >= 15 is 0 Å². The Hall–Kier alpha value is -2.29. The second kappa shape index (κ2) is 10.5. The summed E-state index contributed by atoms with van der Waals surface area (Å²) in [5, 5.41) is 19.1. The highest BCUT2D eigenvalue weighted by Gasteiger charge is 2.11. The number of para-hydroxylation sites is 1. The molecule has 1 aromatic rings. The van der Waals surface area contributed by atoms with Gasteiger partial charge in [-0.1, -0.05) is 47.1 Å². The van der Waals surface area contributed by atoms with Gasteiger partial charge in [0.25, 0.3) is 0 Å². The van der Waals surface area contributed by atoms with Gasteiger partial charge in [0.2, 0.25) is 0 Å². The van der Waals surface area contributed by atoms with Crippen LogP contribution in [0.15, 0.2) is 53.1 Å². The summed E-state index contributed by atoms with van der Waals surface area (Å²) in [6.45, 7) is 8.49. The Morgan fingerprint density at radius 3 is 2.16 bits per heavy atom. The van der Waals surface area contributed by atoms with Gasteiger partial charge in [-0.05, 0) is 71.4 Å². The number of hydrogen-bond donors (Lipinski definition) is 2. The zero-order valence-electron chi connectivity index (χ0n) is 15.8. The highest BCUT2D eigenvalue weighted by atomic mass is 16.4. The smallest absolute Gasteiger partial charge is 0.339 e. The van der Waals surface area contributed by atoms with Crippen LogP contribution in [-0.4, -0.2) is 16.2 Å². The van der Waals surface area contributed by atoms with Crippen LogP contribution in [0.4, 0.5) is 0 Å². The number of hydrogen-bond acceptors (Lipinski definition) is 2. The number of carbonyl (C=O) groups is 1. The number of allylic oxidation sites excluding steroid dienone is 6. The number of benzene rings is 1. The average Bonchev–Trinajstić information content (AvgIpc) is 2.53. The summed E-state index contributed by atoms with van der Waals surface area (Å²) < 4.78 is 0. The maximum Gasteiger partial charge on any atom is 0.339 e. The van der Waals surface area contributed by atoms with Crippen LogP contribution < -0.4 is 0 Å². The molecule has 2 N–H and O–H groups in total. The molecular formula is C22H30O3. The molecule has 1 aromatic carbocycles. The van der Waals surface area contributed by atoms with E-state index in [4.69, 9.17) is 5.11 Å². The fourth-order valence-electron chi connectivity index (χ4n) is 2.55. The minimum atomic E-state index is -1.10. The standard InChI is InChI=1S/C22H30O3/c1-16(2)8-5-9-17(3)10-6-11-18(4)14-15-19-12-7-13-20(21(19)23)22(24)25/h7-8,10,12-14,23H,5-6,9,11,15H2,1-4H3,(H,24,25). The van der Waals surface area contributed by atoms with Gasteiger partial charge < -0.3 is 10.2 Å². The summed E-state index contributed by atoms with van der Waals surface area (Å²) >= 11 is 0. The van der Waals surface area contributed by atoms with Crippen LogP contribution in [0, 0.1) is 0 Å². The monoisotopic (exact) mass is 342 g/mol. The molecule has 0 aromatic heterocycles. The molecule has 0 aliphatic carbocycles. The molecule has 25 heavy (non-hydrogen) atoms. The number of carboxylic acids is 1. The molecule has 1 rings (SSSR count). The molecular weight excluding hydrogens is 312 g/mol. The van der Waals surface area contributed by atoms with Gasteiger partial charge in [0.05, 0.1) is 0 Å². The molecule has 0 spiro atoms. The number of carboxylic acid groups (broad SMARTS) is 1. The van der Waals surface area contributed by atoms with Crippen LogP contribution in [0.3, 0.4) is 0 Å². The van der Waals surface area contributed by atoms with Gasteiger partial charge in [-0.2, -0.15) is 0 Å². The van der Waals surface area contributed by atoms with E-state index in [0.29, 0.717) is 12.0 Å². The van der Waals surface area contributed by atoms with Crippen LogP contribution in [0.2, 0.25) is 0 Å². The molecule has 0 heterocycles. The Bertz CT molecular complexity index is 675. The van der Waals surface area contributed by atoms with Crippen LogP contribution >= 0.6 is 0 Å². The Morgan fingerprint density at radius 1 is 0.960 bits per heavy atom. The summed E-state index contributed by atoms with van der Waals surface area (Å²) in [5.74, 6) is -1.23. The predicted octanol–water partition coefficient (Wildman–Crippen LogP) is 6.05. The van der Waals surface area contributed by atoms with Gasteiger partial charge in [0, 0.05) is 0 Å². The summed E-state index contributed by atoms with van der Waals surface area (Å²) in [7, 11) is 0. The van der Waals surface area contributed by atoms with Crippen molar-refractivity contribution in [2.45, 2.75) is 59.8 Å². The number of phenols is 1. The molecule has 0 aliphatic heterocycles. The molecule has 3 nitrogen and oxygen atoms in total. The zero-order chi connectivity index (χ0) is 18.8. The maximum absolute atomic E-state index is 11.0. The highest BCUT2D eigenvalue weighted by molar-refractivity contribution is 5.91. The Balaban J connectivity index is 2.53. The first-order valence-electron chi connectivity index (χ1n) is 8.80. The lowest BCUT2D eigenvalue weighted by Gasteiger charge is -2.06. The molecule has 3 heteroatoms. The van der Waals surface area contributed by atoms with Crippen molar-refractivity contribution in [3.8, 4) is 5.75 Å². The van der Waals surface area contributed by atoms with E-state index in [9.17, 15) is 9.90 Å². The zero-order valence-corrected chi connectivity index (χ0v) is 15.8. The van der Waals surface area contributed by atoms with Gasteiger partial charge in [0.15, 0.2) is 0 Å². The lowest BCUT2D eigenvalue weighted by molar-refractivity contribution is 0.0693. The lowest BCUT2D eigenvalue weighted by Crippen LogP contribution is -1.98. The van der Waals surface area contributed by atoms with Crippen LogP contribution in [0.5, 0.6) is 5.75 Å². The SMILES string of the molecule is CC(C)=CCCC(C)=CCCC(C)=CCc1cccc(C(=O)O)c1O. The summed E-state index contributed by atoms with van der Waals surface area (Å²) in [5.41, 5.74) is 4.62. The molecule has 0 bridgehead atoms. The van der Waals surface area contributed by atoms with Gasteiger partial charge in [0.1, 0.15) is 11.3 Å². The number of rotatable bonds is 9. The van der Waals surface area contributed by atoms with E-state index in [1.54, 1.807) is 12.1 Å². The van der Waals surface area contributed by atoms with Gasteiger partial charge in [-0.3, -0.25) is 0 Å². The summed E-state index contributed by atoms with van der Waals surface area (Å²) in [6, 6.07) is 4.85. The van der Waals surface area contributed by atoms with Crippen molar-refractivity contribution in [2.75, 3.05) is 0 Å². The normalized spacial score (nSPS) is 12.2. The molecule has 0 amide bonds. The Morgan fingerprint density at radius 2 is 1.56 bits per heavy atom. The largest absolute Gasteiger partial charge is 0.507 e. The molecule has 0 unspecified atom stereocenters. The van der Waals surface area contributed by atoms with E-state index in [1.165, 1.54) is 22.8 Å². The van der Waals surface area contributed by atoms with Crippen molar-refractivity contribution in [3.05, 3.63) is 64.3 Å². The number of aromatic carboxylic acids is 1. The van der Waals surface area contributed by atoms with Crippen molar-refractivity contribution >= 4 is 5.97 Å². The Kier molecular flexibility index (Phi) is 8.76. The van der Waals surface area contributed by atoms with E-state index in [1.807, 2.05) is 0 Å². The van der Waals surface area contributed by atoms with E-state index < -0.39 is 5.97 Å². The van der Waals surface area contributed by atoms with Crippen LogP contribution in [0.25, 0.3) is 0 Å². The van der Waals surface area contributed by atoms with Crippen molar-refractivity contribution in [2.24, 2.45) is 0 Å². The third-order valence-corrected chi connectivity index (χ3v) is 4.14. The molecule has 0 radical (unpaired) electrons. The minimum Gasteiger partial charge on any atom is -0.507 e. The number of aromatic hydroxyl groups is 1.